The molecule has 0 aliphatic carbocycles. The molecule has 0 rings (SSSR count). The Morgan fingerprint density at radius 2 is 0.688 bits per heavy atom. The van der Waals surface area contributed by atoms with Crippen LogP contribution in [0.1, 0.15) is 0 Å². The van der Waals surface area contributed by atoms with Crippen LogP contribution in [0.3, 0.4) is 0 Å². The van der Waals surface area contributed by atoms with Gasteiger partial charge >= 0.3 is 69.2 Å². The van der Waals surface area contributed by atoms with Gasteiger partial charge in [-0.25, -0.2) is 4.21 Å². The van der Waals surface area contributed by atoms with E-state index in [0.717, 1.165) is 0 Å². The first-order valence-electron chi connectivity index (χ1n) is 2.24. The van der Waals surface area contributed by atoms with Crippen LogP contribution in [0.5, 0.6) is 0 Å². The molecule has 0 fully saturated rings. The monoisotopic (exact) mass is 323 g/mol. The fourth-order valence-corrected chi connectivity index (χ4v) is 3.62. The van der Waals surface area contributed by atoms with Gasteiger partial charge in [-0.2, -0.15) is 0 Å². The van der Waals surface area contributed by atoms with E-state index in [9.17, 15) is 43.1 Å². The first-order valence-corrected chi connectivity index (χ1v) is 6.73. The molecule has 16 heavy (non-hydrogen) atoms. The van der Waals surface area contributed by atoms with E-state index in [-0.39, 0.29) is 69.2 Å². The third kappa shape index (κ3) is 9.61. The maximum atomic E-state index is 9.88. The van der Waals surface area contributed by atoms with Crippen molar-refractivity contribution in [2.45, 2.75) is 0 Å². The molecular weight excluding hydrogens is 324 g/mol. The summed E-state index contributed by atoms with van der Waals surface area (Å²) in [5.74, 6) is 0. The van der Waals surface area contributed by atoms with Gasteiger partial charge in [0, 0.05) is 23.2 Å². The Kier molecular flexibility index (Phi) is 14.9. The average molecular weight is 324 g/mol. The van der Waals surface area contributed by atoms with Crippen molar-refractivity contribution >= 4 is 92.4 Å². The van der Waals surface area contributed by atoms with Gasteiger partial charge in [0.15, 0.2) is 0 Å². The Morgan fingerprint density at radius 3 is 0.688 bits per heavy atom. The summed E-state index contributed by atoms with van der Waals surface area (Å²) in [7, 11) is -19.4. The molecule has 0 spiro atoms. The van der Waals surface area contributed by atoms with Crippen LogP contribution in [-0.2, 0) is 13.7 Å². The van der Waals surface area contributed by atoms with Crippen molar-refractivity contribution in [2.24, 2.45) is 0 Å². The van der Waals surface area contributed by atoms with E-state index in [4.69, 9.17) is 0 Å². The molecule has 10 nitrogen and oxygen atoms in total. The van der Waals surface area contributed by atoms with Crippen molar-refractivity contribution in [1.82, 2.24) is 4.21 Å². The summed E-state index contributed by atoms with van der Waals surface area (Å²) in [5, 5.41) is 0. The second kappa shape index (κ2) is 8.80. The van der Waals surface area contributed by atoms with E-state index in [2.05, 4.69) is 0 Å². The first-order chi connectivity index (χ1) is 5.37. The summed E-state index contributed by atoms with van der Waals surface area (Å²) < 4.78 is 27.5. The van der Waals surface area contributed by atoms with Gasteiger partial charge < -0.3 is 43.1 Å². The molecule has 80 valence electrons. The maximum Gasteiger partial charge on any atom is 2.00 e. The smallest absolute Gasteiger partial charge is 0.799 e. The minimum absolute atomic E-state index is 0. The van der Waals surface area contributed by atoms with Crippen LogP contribution >= 0.6 is 23.2 Å². The zero-order valence-corrected chi connectivity index (χ0v) is 14.5. The topological polar surface area (TPSA) is 193 Å². The predicted octanol–water partition coefficient (Wildman–Crippen LogP) is -6.37. The SMILES string of the molecule is O=P([O-])([O-])N(P(=O)([O-])[O-])P(=O)([O-])[O-].[Mg+2].[Mg+2].[Mg+2]. The van der Waals surface area contributed by atoms with Gasteiger partial charge in [-0.15, -0.1) is 0 Å². The molecule has 16 heteroatoms. The van der Waals surface area contributed by atoms with Crippen molar-refractivity contribution < 1.29 is 43.1 Å². The zero-order chi connectivity index (χ0) is 11.1. The average Bonchev–Trinajstić information content (AvgIpc) is 1.44. The second-order valence-electron chi connectivity index (χ2n) is 1.67. The van der Waals surface area contributed by atoms with Crippen LogP contribution in [0.4, 0.5) is 0 Å². The molecule has 0 aromatic carbocycles. The van der Waals surface area contributed by atoms with E-state index in [1.54, 1.807) is 0 Å². The van der Waals surface area contributed by atoms with Crippen molar-refractivity contribution in [3.63, 3.8) is 0 Å². The van der Waals surface area contributed by atoms with Gasteiger partial charge in [0.25, 0.3) is 0 Å². The van der Waals surface area contributed by atoms with Crippen LogP contribution in [0.2, 0.25) is 0 Å². The van der Waals surface area contributed by atoms with E-state index in [1.807, 2.05) is 0 Å². The summed E-state index contributed by atoms with van der Waals surface area (Å²) in [6, 6.07) is 0. The Balaban J connectivity index is -0.000000240. The second-order valence-corrected chi connectivity index (χ2v) is 6.63. The molecular formula is Mg3NO9P3. The molecule has 0 saturated heterocycles. The molecule has 0 heterocycles. The Labute approximate surface area is 138 Å². The van der Waals surface area contributed by atoms with Gasteiger partial charge in [-0.3, -0.25) is 0 Å². The zero-order valence-electron chi connectivity index (χ0n) is 7.58. The minimum Gasteiger partial charge on any atom is -0.799 e. The molecule has 0 bridgehead atoms. The summed E-state index contributed by atoms with van der Waals surface area (Å²) in [6.45, 7) is 0. The molecule has 0 radical (unpaired) electrons. The molecule has 0 amide bonds. The van der Waals surface area contributed by atoms with Gasteiger partial charge in [0.2, 0.25) is 0 Å². The third-order valence-corrected chi connectivity index (χ3v) is 5.92. The van der Waals surface area contributed by atoms with Crippen molar-refractivity contribution in [2.75, 3.05) is 0 Å². The molecule has 0 aromatic heterocycles. The van der Waals surface area contributed by atoms with Crippen LogP contribution in [0.15, 0.2) is 0 Å². The molecule has 0 saturated carbocycles. The molecule has 0 N–H and O–H groups in total. The molecule has 0 aliphatic rings. The number of hydrogen-bond acceptors (Lipinski definition) is 9. The van der Waals surface area contributed by atoms with Gasteiger partial charge in [-0.1, -0.05) is 0 Å². The molecule has 0 aromatic rings. The van der Waals surface area contributed by atoms with Gasteiger partial charge in [0.1, 0.15) is 0 Å². The van der Waals surface area contributed by atoms with Crippen LogP contribution < -0.4 is 29.4 Å². The first kappa shape index (κ1) is 27.1. The van der Waals surface area contributed by atoms with E-state index < -0.39 is 27.5 Å². The molecule has 0 unspecified atom stereocenters. The van der Waals surface area contributed by atoms with E-state index in [0.29, 0.717) is 0 Å². The molecule has 0 aliphatic heterocycles. The van der Waals surface area contributed by atoms with Crippen LogP contribution in [0, 0.1) is 0 Å². The molecule has 0 atom stereocenters. The number of hydrogen-bond donors (Lipinski definition) is 0. The quantitative estimate of drug-likeness (QED) is 0.356. The number of rotatable bonds is 3. The summed E-state index contributed by atoms with van der Waals surface area (Å²) in [5.41, 5.74) is 0. The largest absolute Gasteiger partial charge is 2.00 e. The summed E-state index contributed by atoms with van der Waals surface area (Å²) in [4.78, 5) is 59.3. The normalized spacial score (nSPS) is 12.2. The predicted molar refractivity (Wildman–Crippen MR) is 41.9 cm³/mol. The Hall–Kier alpha value is 2.71. The fraction of sp³-hybridized carbons (Fsp3) is 0. The van der Waals surface area contributed by atoms with Gasteiger partial charge in [0.05, 0.1) is 0 Å². The third-order valence-electron chi connectivity index (χ3n) is 0.657. The minimum atomic E-state index is -6.46. The Bertz CT molecular complexity index is 271. The van der Waals surface area contributed by atoms with E-state index in [1.165, 1.54) is 0 Å². The van der Waals surface area contributed by atoms with Crippen LogP contribution in [0.25, 0.3) is 0 Å². The van der Waals surface area contributed by atoms with Crippen molar-refractivity contribution in [3.8, 4) is 0 Å². The fourth-order valence-electron chi connectivity index (χ4n) is 0.402. The maximum absolute atomic E-state index is 9.88. The Morgan fingerprint density at radius 1 is 0.562 bits per heavy atom. The summed E-state index contributed by atoms with van der Waals surface area (Å²) in [6.07, 6.45) is 0. The van der Waals surface area contributed by atoms with Gasteiger partial charge in [-0.05, 0) is 0 Å². The number of nitrogens with zero attached hydrogens (tertiary/aromatic N) is 1. The van der Waals surface area contributed by atoms with Crippen molar-refractivity contribution in [1.29, 1.82) is 0 Å². The van der Waals surface area contributed by atoms with Crippen molar-refractivity contribution in [3.05, 3.63) is 0 Å². The standard InChI is InChI=1S/3Mg.H6NO9P3/c;;;2-11(3,4)1(12(5,6)7)13(8,9)10/h;;;(H2,2,3,4)(H2,5,6,7)(H2,8,9,10)/q3*+2;/p-6. The van der Waals surface area contributed by atoms with Crippen LogP contribution in [-0.4, -0.2) is 73.4 Å². The summed E-state index contributed by atoms with van der Waals surface area (Å²) >= 11 is 0. The van der Waals surface area contributed by atoms with E-state index >= 15 is 0 Å².